The Morgan fingerprint density at radius 3 is 2.59 bits per heavy atom. The lowest BCUT2D eigenvalue weighted by molar-refractivity contribution is -0.138. The third-order valence-electron chi connectivity index (χ3n) is 10.5. The van der Waals surface area contributed by atoms with Gasteiger partial charge in [-0.2, -0.15) is 0 Å². The van der Waals surface area contributed by atoms with Gasteiger partial charge in [-0.3, -0.25) is 4.79 Å². The highest BCUT2D eigenvalue weighted by Crippen LogP contribution is 2.70. The van der Waals surface area contributed by atoms with Crippen LogP contribution in [0.1, 0.15) is 79.1 Å². The van der Waals surface area contributed by atoms with Crippen LogP contribution in [0.25, 0.3) is 0 Å². The SMILES string of the molecule is C[C@@H]1C[C@H]2[C@@H]3CC[C@H]4C[C@@H](O)CC[C@]4(C)C3=CC[C@]2(C)[C@@]1(C)C(=O)CCN(C)C. The largest absolute Gasteiger partial charge is 0.393 e. The van der Waals surface area contributed by atoms with Crippen LogP contribution in [0.4, 0.5) is 0 Å². The number of rotatable bonds is 4. The lowest BCUT2D eigenvalue weighted by atomic mass is 9.47. The van der Waals surface area contributed by atoms with Crippen LogP contribution in [-0.2, 0) is 4.79 Å². The van der Waals surface area contributed by atoms with Crippen molar-refractivity contribution in [3.8, 4) is 0 Å². The number of aliphatic hydroxyl groups is 1. The van der Waals surface area contributed by atoms with E-state index < -0.39 is 0 Å². The number of ketones is 1. The first-order valence-electron chi connectivity index (χ1n) is 12.1. The third-order valence-corrected chi connectivity index (χ3v) is 10.5. The molecule has 4 aliphatic rings. The van der Waals surface area contributed by atoms with Gasteiger partial charge in [-0.25, -0.2) is 0 Å². The Kier molecular flexibility index (Phi) is 5.35. The maximum Gasteiger partial charge on any atom is 0.140 e. The average molecular weight is 402 g/mol. The lowest BCUT2D eigenvalue weighted by Gasteiger charge is -2.58. The number of Topliss-reactive ketones (excluding diaryl/α,β-unsaturated/α-hetero) is 1. The molecular formula is C26H43NO2. The van der Waals surface area contributed by atoms with E-state index in [-0.39, 0.29) is 22.3 Å². The summed E-state index contributed by atoms with van der Waals surface area (Å²) in [6.07, 6.45) is 11.0. The molecule has 3 nitrogen and oxygen atoms in total. The third kappa shape index (κ3) is 3.01. The molecule has 0 heterocycles. The normalized spacial score (nSPS) is 49.2. The fraction of sp³-hybridized carbons (Fsp3) is 0.885. The minimum absolute atomic E-state index is 0.0847. The fourth-order valence-electron chi connectivity index (χ4n) is 8.25. The van der Waals surface area contributed by atoms with Gasteiger partial charge >= 0.3 is 0 Å². The molecule has 8 atom stereocenters. The molecule has 0 saturated heterocycles. The highest BCUT2D eigenvalue weighted by Gasteiger charge is 2.65. The minimum Gasteiger partial charge on any atom is -0.393 e. The number of allylic oxidation sites excluding steroid dienone is 2. The number of hydrogen-bond acceptors (Lipinski definition) is 3. The Morgan fingerprint density at radius 2 is 1.90 bits per heavy atom. The first-order chi connectivity index (χ1) is 13.5. The molecule has 1 N–H and O–H groups in total. The summed E-state index contributed by atoms with van der Waals surface area (Å²) in [6.45, 7) is 10.4. The molecule has 164 valence electrons. The predicted molar refractivity (Wildman–Crippen MR) is 119 cm³/mol. The molecule has 29 heavy (non-hydrogen) atoms. The standard InChI is InChI=1S/C26H43NO2/c1-17-15-22-20-8-7-18-16-19(28)9-12-24(18,2)21(20)10-13-25(22,3)26(17,4)23(29)11-14-27(5)6/h10,17-20,22,28H,7-9,11-16H2,1-6H3/t17-,18+,19+,20-,22+,24+,25+,26-/m1/s1. The fourth-order valence-corrected chi connectivity index (χ4v) is 8.25. The van der Waals surface area contributed by atoms with Crippen LogP contribution in [0.5, 0.6) is 0 Å². The van der Waals surface area contributed by atoms with E-state index in [0.29, 0.717) is 35.9 Å². The topological polar surface area (TPSA) is 40.5 Å². The van der Waals surface area contributed by atoms with E-state index in [1.807, 2.05) is 0 Å². The summed E-state index contributed by atoms with van der Waals surface area (Å²) in [5.74, 6) is 2.87. The van der Waals surface area contributed by atoms with Crippen LogP contribution in [0, 0.1) is 39.9 Å². The molecule has 0 aromatic carbocycles. The van der Waals surface area contributed by atoms with Gasteiger partial charge in [0.2, 0.25) is 0 Å². The molecule has 0 amide bonds. The van der Waals surface area contributed by atoms with Crippen LogP contribution in [0.15, 0.2) is 11.6 Å². The molecule has 0 radical (unpaired) electrons. The van der Waals surface area contributed by atoms with Gasteiger partial charge in [0.25, 0.3) is 0 Å². The molecule has 4 aliphatic carbocycles. The van der Waals surface area contributed by atoms with Gasteiger partial charge in [0, 0.05) is 18.4 Å². The number of carbonyl (C=O) groups excluding carboxylic acids is 1. The van der Waals surface area contributed by atoms with Crippen molar-refractivity contribution in [1.82, 2.24) is 4.90 Å². The zero-order chi connectivity index (χ0) is 21.2. The molecule has 3 heteroatoms. The molecule has 4 rings (SSSR count). The Balaban J connectivity index is 1.66. The Bertz CT molecular complexity index is 699. The van der Waals surface area contributed by atoms with Crippen LogP contribution in [-0.4, -0.2) is 42.5 Å². The van der Waals surface area contributed by atoms with Crippen molar-refractivity contribution in [2.75, 3.05) is 20.6 Å². The van der Waals surface area contributed by atoms with E-state index in [4.69, 9.17) is 0 Å². The van der Waals surface area contributed by atoms with Crippen LogP contribution < -0.4 is 0 Å². The summed E-state index contributed by atoms with van der Waals surface area (Å²) >= 11 is 0. The number of aliphatic hydroxyl groups excluding tert-OH is 1. The summed E-state index contributed by atoms with van der Waals surface area (Å²) < 4.78 is 0. The van der Waals surface area contributed by atoms with Crippen molar-refractivity contribution < 1.29 is 9.90 Å². The van der Waals surface area contributed by atoms with Crippen molar-refractivity contribution in [3.63, 3.8) is 0 Å². The molecule has 0 aromatic heterocycles. The van der Waals surface area contributed by atoms with E-state index in [1.165, 1.54) is 19.3 Å². The van der Waals surface area contributed by atoms with E-state index >= 15 is 0 Å². The molecule has 0 aliphatic heterocycles. The first kappa shape index (κ1) is 21.6. The zero-order valence-electron chi connectivity index (χ0n) is 19.6. The first-order valence-corrected chi connectivity index (χ1v) is 12.1. The van der Waals surface area contributed by atoms with Gasteiger partial charge in [0.05, 0.1) is 6.10 Å². The van der Waals surface area contributed by atoms with Crippen LogP contribution >= 0.6 is 0 Å². The summed E-state index contributed by atoms with van der Waals surface area (Å²) in [4.78, 5) is 15.7. The van der Waals surface area contributed by atoms with Crippen molar-refractivity contribution in [3.05, 3.63) is 11.6 Å². The molecule has 0 aromatic rings. The zero-order valence-corrected chi connectivity index (χ0v) is 19.6. The number of nitrogens with zero attached hydrogens (tertiary/aromatic N) is 1. The smallest absolute Gasteiger partial charge is 0.140 e. The summed E-state index contributed by atoms with van der Waals surface area (Å²) in [6, 6.07) is 0. The van der Waals surface area contributed by atoms with Crippen LogP contribution in [0.3, 0.4) is 0 Å². The summed E-state index contributed by atoms with van der Waals surface area (Å²) in [5.41, 5.74) is 1.86. The molecule has 0 spiro atoms. The second kappa shape index (κ2) is 7.19. The molecule has 3 saturated carbocycles. The quantitative estimate of drug-likeness (QED) is 0.668. The average Bonchev–Trinajstić information content (AvgIpc) is 2.88. The second-order valence-electron chi connectivity index (χ2n) is 11.9. The van der Waals surface area contributed by atoms with Gasteiger partial charge in [-0.15, -0.1) is 0 Å². The van der Waals surface area contributed by atoms with Crippen molar-refractivity contribution in [2.24, 2.45) is 39.9 Å². The van der Waals surface area contributed by atoms with Crippen molar-refractivity contribution in [2.45, 2.75) is 85.2 Å². The Hall–Kier alpha value is -0.670. The molecule has 0 bridgehead atoms. The summed E-state index contributed by atoms with van der Waals surface area (Å²) in [7, 11) is 4.13. The van der Waals surface area contributed by atoms with E-state index in [0.717, 1.165) is 32.2 Å². The van der Waals surface area contributed by atoms with Crippen LogP contribution in [0.2, 0.25) is 0 Å². The highest BCUT2D eigenvalue weighted by atomic mass is 16.3. The minimum atomic E-state index is -0.212. The predicted octanol–water partition coefficient (Wildman–Crippen LogP) is 5.08. The van der Waals surface area contributed by atoms with Gasteiger partial charge in [0.15, 0.2) is 0 Å². The van der Waals surface area contributed by atoms with Gasteiger partial charge in [-0.05, 0) is 93.5 Å². The van der Waals surface area contributed by atoms with E-state index in [9.17, 15) is 9.90 Å². The van der Waals surface area contributed by atoms with E-state index in [2.05, 4.69) is 52.8 Å². The van der Waals surface area contributed by atoms with Gasteiger partial charge < -0.3 is 10.0 Å². The highest BCUT2D eigenvalue weighted by molar-refractivity contribution is 5.86. The number of carbonyl (C=O) groups is 1. The van der Waals surface area contributed by atoms with Crippen molar-refractivity contribution in [1.29, 1.82) is 0 Å². The number of hydrogen-bond donors (Lipinski definition) is 1. The molecule has 0 unspecified atom stereocenters. The van der Waals surface area contributed by atoms with E-state index in [1.54, 1.807) is 5.57 Å². The maximum absolute atomic E-state index is 13.6. The number of fused-ring (bicyclic) bond motifs is 5. The Morgan fingerprint density at radius 1 is 1.17 bits per heavy atom. The van der Waals surface area contributed by atoms with Gasteiger partial charge in [0.1, 0.15) is 5.78 Å². The summed E-state index contributed by atoms with van der Waals surface area (Å²) in [5, 5.41) is 10.2. The monoisotopic (exact) mass is 401 g/mol. The lowest BCUT2D eigenvalue weighted by Crippen LogP contribution is -2.52. The molecule has 3 fully saturated rings. The second-order valence-corrected chi connectivity index (χ2v) is 11.9. The maximum atomic E-state index is 13.6. The van der Waals surface area contributed by atoms with Crippen molar-refractivity contribution >= 4 is 5.78 Å². The Labute approximate surface area is 178 Å². The molecular weight excluding hydrogens is 358 g/mol. The van der Waals surface area contributed by atoms with Gasteiger partial charge in [-0.1, -0.05) is 39.3 Å².